The summed E-state index contributed by atoms with van der Waals surface area (Å²) in [6.07, 6.45) is 1.96. The van der Waals surface area contributed by atoms with E-state index in [2.05, 4.69) is 21.6 Å². The Morgan fingerprint density at radius 2 is 2.15 bits per heavy atom. The van der Waals surface area contributed by atoms with Crippen molar-refractivity contribution < 1.29 is 13.9 Å². The first-order valence-electron chi connectivity index (χ1n) is 8.46. The average molecular weight is 372 g/mol. The van der Waals surface area contributed by atoms with Gasteiger partial charge in [0.25, 0.3) is 5.22 Å². The van der Waals surface area contributed by atoms with Crippen LogP contribution in [0.2, 0.25) is 0 Å². The third-order valence-corrected chi connectivity index (χ3v) is 4.99. The lowest BCUT2D eigenvalue weighted by Crippen LogP contribution is -2.47. The van der Waals surface area contributed by atoms with E-state index >= 15 is 0 Å². The molecular formula is C18H20N4O3S. The Morgan fingerprint density at radius 3 is 2.77 bits per heavy atom. The molecule has 26 heavy (non-hydrogen) atoms. The minimum atomic E-state index is -0.792. The number of hydrogen-bond donors (Lipinski definition) is 1. The van der Waals surface area contributed by atoms with Crippen LogP contribution in [0.5, 0.6) is 5.75 Å². The van der Waals surface area contributed by atoms with Crippen LogP contribution in [0.25, 0.3) is 11.5 Å². The summed E-state index contributed by atoms with van der Waals surface area (Å²) in [7, 11) is 0. The molecule has 1 N–H and O–H groups in total. The zero-order chi connectivity index (χ0) is 18.6. The second kappa shape index (κ2) is 7.79. The van der Waals surface area contributed by atoms with Crippen molar-refractivity contribution in [1.29, 1.82) is 5.26 Å². The van der Waals surface area contributed by atoms with E-state index in [9.17, 15) is 10.1 Å². The highest BCUT2D eigenvalue weighted by Gasteiger charge is 2.42. The number of benzene rings is 1. The molecule has 0 saturated heterocycles. The number of nitrogens with zero attached hydrogens (tertiary/aromatic N) is 3. The first-order valence-corrected chi connectivity index (χ1v) is 9.44. The fourth-order valence-corrected chi connectivity index (χ4v) is 3.14. The number of nitriles is 1. The van der Waals surface area contributed by atoms with Crippen molar-refractivity contribution in [2.75, 3.05) is 12.4 Å². The number of nitrogens with one attached hydrogen (secondary N) is 1. The maximum absolute atomic E-state index is 12.1. The van der Waals surface area contributed by atoms with Crippen LogP contribution in [0, 0.1) is 17.2 Å². The van der Waals surface area contributed by atoms with Crippen LogP contribution in [0.1, 0.15) is 26.7 Å². The summed E-state index contributed by atoms with van der Waals surface area (Å²) >= 11 is 1.15. The molecule has 3 rings (SSSR count). The Labute approximate surface area is 156 Å². The quantitative estimate of drug-likeness (QED) is 0.711. The molecule has 2 aromatic rings. The van der Waals surface area contributed by atoms with Gasteiger partial charge in [0.1, 0.15) is 11.3 Å². The summed E-state index contributed by atoms with van der Waals surface area (Å²) in [6.45, 7) is 4.30. The minimum absolute atomic E-state index is 0.120. The third-order valence-electron chi connectivity index (χ3n) is 4.17. The van der Waals surface area contributed by atoms with E-state index < -0.39 is 5.54 Å². The maximum Gasteiger partial charge on any atom is 0.277 e. The van der Waals surface area contributed by atoms with Gasteiger partial charge in [0.05, 0.1) is 18.4 Å². The Morgan fingerprint density at radius 1 is 1.42 bits per heavy atom. The van der Waals surface area contributed by atoms with Gasteiger partial charge in [-0.05, 0) is 56.9 Å². The molecule has 1 aromatic carbocycles. The number of amides is 1. The van der Waals surface area contributed by atoms with Gasteiger partial charge in [-0.25, -0.2) is 0 Å². The molecule has 0 radical (unpaired) electrons. The van der Waals surface area contributed by atoms with E-state index in [-0.39, 0.29) is 17.6 Å². The highest BCUT2D eigenvalue weighted by atomic mass is 32.2. The van der Waals surface area contributed by atoms with E-state index in [0.717, 1.165) is 35.9 Å². The molecule has 1 aliphatic carbocycles. The standard InChI is InChI=1S/C18H20N4O3S/c1-3-24-14-8-4-12(5-9-14)16-21-22-17(25-16)26-10-15(23)20-18(2,11-19)13-6-7-13/h4-5,8-9,13H,3,6-7,10H2,1-2H3,(H,20,23)/t18-/m1/s1. The van der Waals surface area contributed by atoms with Crippen molar-refractivity contribution in [2.24, 2.45) is 5.92 Å². The number of thioether (sulfide) groups is 1. The molecule has 1 aromatic heterocycles. The molecule has 0 unspecified atom stereocenters. The van der Waals surface area contributed by atoms with Crippen molar-refractivity contribution in [3.63, 3.8) is 0 Å². The molecule has 1 heterocycles. The highest BCUT2D eigenvalue weighted by molar-refractivity contribution is 7.99. The third kappa shape index (κ3) is 4.35. The van der Waals surface area contributed by atoms with E-state index in [1.165, 1.54) is 0 Å². The van der Waals surface area contributed by atoms with Gasteiger partial charge in [-0.1, -0.05) is 11.8 Å². The lowest BCUT2D eigenvalue weighted by Gasteiger charge is -2.22. The normalized spacial score (nSPS) is 15.7. The topological polar surface area (TPSA) is 101 Å². The molecular weight excluding hydrogens is 352 g/mol. The van der Waals surface area contributed by atoms with Gasteiger partial charge in [-0.15, -0.1) is 10.2 Å². The zero-order valence-electron chi connectivity index (χ0n) is 14.7. The second-order valence-corrected chi connectivity index (χ2v) is 7.18. The summed E-state index contributed by atoms with van der Waals surface area (Å²) in [5.74, 6) is 1.31. The number of ether oxygens (including phenoxy) is 1. The monoisotopic (exact) mass is 372 g/mol. The predicted molar refractivity (Wildman–Crippen MR) is 96.5 cm³/mol. The van der Waals surface area contributed by atoms with E-state index in [1.54, 1.807) is 6.92 Å². The first kappa shape index (κ1) is 18.3. The molecule has 1 saturated carbocycles. The van der Waals surface area contributed by atoms with Gasteiger partial charge >= 0.3 is 0 Å². The molecule has 136 valence electrons. The lowest BCUT2D eigenvalue weighted by atomic mass is 9.98. The van der Waals surface area contributed by atoms with E-state index in [0.29, 0.717) is 17.7 Å². The van der Waals surface area contributed by atoms with Crippen molar-refractivity contribution in [1.82, 2.24) is 15.5 Å². The van der Waals surface area contributed by atoms with Gasteiger partial charge < -0.3 is 14.5 Å². The van der Waals surface area contributed by atoms with Crippen LogP contribution >= 0.6 is 11.8 Å². The average Bonchev–Trinajstić information content (AvgIpc) is 3.40. The van der Waals surface area contributed by atoms with Crippen molar-refractivity contribution in [2.45, 2.75) is 37.5 Å². The predicted octanol–water partition coefficient (Wildman–Crippen LogP) is 3.04. The molecule has 1 fully saturated rings. The number of carbonyl (C=O) groups excluding carboxylic acids is 1. The van der Waals surface area contributed by atoms with Crippen LogP contribution in [-0.2, 0) is 4.79 Å². The summed E-state index contributed by atoms with van der Waals surface area (Å²) in [5, 5.41) is 20.4. The van der Waals surface area contributed by atoms with E-state index in [1.807, 2.05) is 31.2 Å². The Kier molecular flexibility index (Phi) is 5.47. The van der Waals surface area contributed by atoms with E-state index in [4.69, 9.17) is 9.15 Å². The van der Waals surface area contributed by atoms with Crippen LogP contribution in [0.3, 0.4) is 0 Å². The summed E-state index contributed by atoms with van der Waals surface area (Å²) in [6, 6.07) is 9.56. The Hall–Kier alpha value is -2.53. The number of carbonyl (C=O) groups is 1. The van der Waals surface area contributed by atoms with Crippen molar-refractivity contribution >= 4 is 17.7 Å². The molecule has 1 aliphatic rings. The smallest absolute Gasteiger partial charge is 0.277 e. The minimum Gasteiger partial charge on any atom is -0.494 e. The maximum atomic E-state index is 12.1. The fourth-order valence-electron chi connectivity index (χ4n) is 2.58. The second-order valence-electron chi connectivity index (χ2n) is 6.26. The van der Waals surface area contributed by atoms with Gasteiger partial charge in [0.2, 0.25) is 11.8 Å². The highest BCUT2D eigenvalue weighted by Crippen LogP contribution is 2.39. The van der Waals surface area contributed by atoms with Crippen LogP contribution in [-0.4, -0.2) is 34.0 Å². The SMILES string of the molecule is CCOc1ccc(-c2nnc(SCC(=O)N[C@](C)(C#N)C3CC3)o2)cc1. The van der Waals surface area contributed by atoms with Crippen molar-refractivity contribution in [3.05, 3.63) is 24.3 Å². The van der Waals surface area contributed by atoms with Gasteiger partial charge in [-0.3, -0.25) is 4.79 Å². The molecule has 0 spiro atoms. The van der Waals surface area contributed by atoms with Gasteiger partial charge in [0, 0.05) is 5.56 Å². The molecule has 0 bridgehead atoms. The molecule has 1 atom stereocenters. The molecule has 8 heteroatoms. The Balaban J connectivity index is 1.55. The summed E-state index contributed by atoms with van der Waals surface area (Å²) < 4.78 is 11.0. The number of hydrogen-bond acceptors (Lipinski definition) is 7. The fraction of sp³-hybridized carbons (Fsp3) is 0.444. The Bertz CT molecular complexity index is 811. The lowest BCUT2D eigenvalue weighted by molar-refractivity contribution is -0.119. The van der Waals surface area contributed by atoms with Crippen LogP contribution in [0.15, 0.2) is 33.9 Å². The molecule has 0 aliphatic heterocycles. The van der Waals surface area contributed by atoms with Crippen LogP contribution in [0.4, 0.5) is 0 Å². The zero-order valence-corrected chi connectivity index (χ0v) is 15.5. The number of rotatable bonds is 8. The number of aromatic nitrogens is 2. The van der Waals surface area contributed by atoms with Crippen molar-refractivity contribution in [3.8, 4) is 23.3 Å². The van der Waals surface area contributed by atoms with Gasteiger partial charge in [0.15, 0.2) is 0 Å². The summed E-state index contributed by atoms with van der Waals surface area (Å²) in [4.78, 5) is 12.1. The van der Waals surface area contributed by atoms with Crippen LogP contribution < -0.4 is 10.1 Å². The largest absolute Gasteiger partial charge is 0.494 e. The molecule has 1 amide bonds. The molecule has 7 nitrogen and oxygen atoms in total. The van der Waals surface area contributed by atoms with Gasteiger partial charge in [-0.2, -0.15) is 5.26 Å². The summed E-state index contributed by atoms with van der Waals surface area (Å²) in [5.41, 5.74) is -0.0111. The first-order chi connectivity index (χ1) is 12.5.